The number of hydrogen-bond acceptors (Lipinski definition) is 12. The molecule has 17 saturated carbocycles. The molecule has 0 spiro atoms. The Bertz CT molecular complexity index is 5710. The zero-order valence-electron chi connectivity index (χ0n) is 78.4. The highest BCUT2D eigenvalue weighted by atomic mass is 19.1. The molecule has 694 valence electrons. The molecule has 132 heavy (non-hydrogen) atoms. The van der Waals surface area contributed by atoms with Crippen LogP contribution in [0.25, 0.3) is 45.0 Å². The van der Waals surface area contributed by atoms with Gasteiger partial charge in [-0.25, -0.2) is 57.4 Å². The van der Waals surface area contributed by atoms with E-state index in [9.17, 15) is 36.7 Å². The zero-order valence-corrected chi connectivity index (χ0v) is 78.4. The first-order valence-electron chi connectivity index (χ1n) is 51.7. The number of aromatic nitrogens is 8. The number of benzene rings is 4. The molecule has 1 atom stereocenters. The van der Waals surface area contributed by atoms with Crippen LogP contribution < -0.4 is 21.3 Å². The minimum atomic E-state index is -0.200. The van der Waals surface area contributed by atoms with Gasteiger partial charge in [-0.15, -0.1) is 0 Å². The maximum absolute atomic E-state index is 14.0. The highest BCUT2D eigenvalue weighted by Gasteiger charge is 2.56. The van der Waals surface area contributed by atoms with E-state index in [1.54, 1.807) is 24.3 Å². The van der Waals surface area contributed by atoms with Crippen LogP contribution >= 0.6 is 0 Å². The van der Waals surface area contributed by atoms with E-state index in [1.807, 2.05) is 38.1 Å². The molecule has 1 unspecified atom stereocenters. The fraction of sp³-hybridized carbons (Fsp3) is 0.607. The molecule has 17 fully saturated rings. The molecule has 29 rings (SSSR count). The maximum Gasteiger partial charge on any atom is 0.228 e. The van der Waals surface area contributed by atoms with Crippen LogP contribution in [0, 0.1) is 134 Å². The monoisotopic (exact) mass is 1790 g/mol. The minimum absolute atomic E-state index is 0.0179. The van der Waals surface area contributed by atoms with Gasteiger partial charge in [0, 0.05) is 47.9 Å². The fourth-order valence-corrected chi connectivity index (χ4v) is 31.9. The molecule has 16 bridgehead atoms. The van der Waals surface area contributed by atoms with Crippen molar-refractivity contribution >= 4 is 46.9 Å². The molecule has 21 aliphatic rings. The number of rotatable bonds is 18. The van der Waals surface area contributed by atoms with Crippen LogP contribution in [-0.4, -0.2) is 63.5 Å². The normalized spacial score (nSPS) is 30.1. The third-order valence-electron chi connectivity index (χ3n) is 35.7. The van der Waals surface area contributed by atoms with Crippen molar-refractivity contribution in [2.45, 2.75) is 317 Å². The molecule has 8 aromatic rings. The van der Waals surface area contributed by atoms with Crippen LogP contribution in [0.15, 0.2) is 72.8 Å². The Morgan fingerprint density at radius 2 is 0.614 bits per heavy atom. The predicted molar refractivity (Wildman–Crippen MR) is 507 cm³/mol. The van der Waals surface area contributed by atoms with Crippen molar-refractivity contribution in [1.29, 1.82) is 0 Å². The van der Waals surface area contributed by atoms with Crippen LogP contribution in [-0.2, 0) is 96.2 Å². The maximum atomic E-state index is 14.0. The first-order valence-corrected chi connectivity index (χ1v) is 51.7. The average Bonchev–Trinajstić information content (AvgIpc) is 0.745. The van der Waals surface area contributed by atoms with Crippen molar-refractivity contribution in [2.24, 2.45) is 110 Å². The molecule has 21 aliphatic carbocycles. The van der Waals surface area contributed by atoms with E-state index in [2.05, 4.69) is 35.1 Å². The number of hydrogen-bond donors (Lipinski definition) is 4. The summed E-state index contributed by atoms with van der Waals surface area (Å²) in [6.45, 7) is 9.66. The summed E-state index contributed by atoms with van der Waals surface area (Å²) < 4.78 is 55.5. The highest BCUT2D eigenvalue weighted by molar-refractivity contribution is 5.93. The standard InChI is InChI=1S/C31H38FN3O.2C28H34FN3O.C25H28FN3O/c32-24-7-8-25-23(14-24)6-9-26-29(25)33-27(18-31-15-20-10-21(16-31)12-22(11-20)17-31)30(34-26)35-28(36)13-19-4-2-1-3-5-19;1-16(2)7-25(33)32-27-24(15-28-12-17-8-18(13-28)10-19(9-17)14-28)30-26-22-5-4-21(29)11-20(22)3-6-23(26)31-27;1-3-16(2)27(33)32-26-24(15-28-12-17-8-18(13-28)10-19(9-17)14-28)30-25-22-6-5-21(29)11-20(22)4-7-23(25)31-26;1-14(30)27-24-22(13-25-10-15-6-16(11-25)8-17(7-15)12-25)28-23-20-4-3-19(26)9-18(20)2-5-21(23)29-24/h7-8,14,19-22H,1-6,9-13,15-18H2,(H,34,35,36);4-5,11,16-19H,3,6-10,12-15H2,1-2H3,(H,31,32,33);5-6,11,16-19H,3-4,7-10,12-15H2,1-2H3,(H,31,32,33);3-4,9,15-17H,2,5-8,10-13H2,1H3,(H,27,29,30). The van der Waals surface area contributed by atoms with Gasteiger partial charge < -0.3 is 21.3 Å². The van der Waals surface area contributed by atoms with Gasteiger partial charge in [-0.05, 0) is 450 Å². The van der Waals surface area contributed by atoms with Gasteiger partial charge >= 0.3 is 0 Å². The second-order valence-corrected chi connectivity index (χ2v) is 46.7. The summed E-state index contributed by atoms with van der Waals surface area (Å²) in [6, 6.07) is 20.0. The predicted octanol–water partition coefficient (Wildman–Crippen LogP) is 24.4. The van der Waals surface area contributed by atoms with E-state index in [0.717, 1.165) is 280 Å². The molecule has 0 aliphatic heterocycles. The molecule has 4 aromatic carbocycles. The fourth-order valence-electron chi connectivity index (χ4n) is 31.9. The number of carbonyl (C=O) groups is 4. The molecule has 16 nitrogen and oxygen atoms in total. The smallest absolute Gasteiger partial charge is 0.228 e. The number of halogens is 4. The Labute approximate surface area is 776 Å². The van der Waals surface area contributed by atoms with Gasteiger partial charge in [0.15, 0.2) is 23.3 Å². The average molecular weight is 1790 g/mol. The number of anilines is 4. The van der Waals surface area contributed by atoms with Crippen molar-refractivity contribution < 1.29 is 36.7 Å². The van der Waals surface area contributed by atoms with Crippen molar-refractivity contribution in [2.75, 3.05) is 21.3 Å². The molecule has 4 N–H and O–H groups in total. The van der Waals surface area contributed by atoms with E-state index < -0.39 is 0 Å². The first-order chi connectivity index (χ1) is 63.7. The second kappa shape index (κ2) is 35.5. The molecule has 0 radical (unpaired) electrons. The molecule has 4 heterocycles. The van der Waals surface area contributed by atoms with Gasteiger partial charge in [0.05, 0.1) is 68.3 Å². The van der Waals surface area contributed by atoms with E-state index in [0.29, 0.717) is 69.6 Å². The summed E-state index contributed by atoms with van der Waals surface area (Å²) in [5, 5.41) is 12.5. The number of carbonyl (C=O) groups excluding carboxylic acids is 4. The Morgan fingerprint density at radius 1 is 0.348 bits per heavy atom. The van der Waals surface area contributed by atoms with Gasteiger partial charge in [0.25, 0.3) is 0 Å². The Kier molecular flexibility index (Phi) is 23.7. The van der Waals surface area contributed by atoms with E-state index >= 15 is 0 Å². The van der Waals surface area contributed by atoms with Gasteiger partial charge in [-0.1, -0.05) is 47.0 Å². The van der Waals surface area contributed by atoms with E-state index in [4.69, 9.17) is 39.9 Å². The molecular weight excluding hydrogens is 1650 g/mol. The van der Waals surface area contributed by atoms with Crippen molar-refractivity contribution in [1.82, 2.24) is 39.9 Å². The van der Waals surface area contributed by atoms with Crippen LogP contribution in [0.5, 0.6) is 0 Å². The third kappa shape index (κ3) is 18.2. The Balaban J connectivity index is 0.000000103. The first kappa shape index (κ1) is 88.1. The van der Waals surface area contributed by atoms with Crippen molar-refractivity contribution in [3.05, 3.63) is 164 Å². The third-order valence-corrected chi connectivity index (χ3v) is 35.7. The molecular formula is C112H134F4N12O4. The summed E-state index contributed by atoms with van der Waals surface area (Å²) in [7, 11) is 0. The number of aryl methyl sites for hydroxylation is 8. The number of nitrogens with one attached hydrogen (secondary N) is 4. The van der Waals surface area contributed by atoms with E-state index in [1.165, 1.54) is 205 Å². The highest BCUT2D eigenvalue weighted by Crippen LogP contribution is 2.66. The van der Waals surface area contributed by atoms with Gasteiger partial charge in [0.1, 0.15) is 23.3 Å². The van der Waals surface area contributed by atoms with Crippen LogP contribution in [0.2, 0.25) is 0 Å². The number of fused-ring (bicyclic) bond motifs is 12. The summed E-state index contributed by atoms with van der Waals surface area (Å²) in [6.07, 6.45) is 50.0. The molecule has 4 amide bonds. The lowest BCUT2D eigenvalue weighted by atomic mass is 9.48. The lowest BCUT2D eigenvalue weighted by molar-refractivity contribution is -0.119. The topological polar surface area (TPSA) is 220 Å². The van der Waals surface area contributed by atoms with Crippen LogP contribution in [0.3, 0.4) is 0 Å². The summed E-state index contributed by atoms with van der Waals surface area (Å²) in [4.78, 5) is 91.4. The minimum Gasteiger partial charge on any atom is -0.309 e. The van der Waals surface area contributed by atoms with Gasteiger partial charge in [-0.2, -0.15) is 0 Å². The summed E-state index contributed by atoms with van der Waals surface area (Å²) >= 11 is 0. The zero-order chi connectivity index (χ0) is 90.2. The summed E-state index contributed by atoms with van der Waals surface area (Å²) in [5.74, 6) is 13.1. The van der Waals surface area contributed by atoms with Crippen LogP contribution in [0.1, 0.15) is 308 Å². The largest absolute Gasteiger partial charge is 0.309 e. The lowest BCUT2D eigenvalue weighted by Crippen LogP contribution is -2.47. The molecule has 0 saturated heterocycles. The number of nitrogens with zero attached hydrogens (tertiary/aromatic N) is 8. The summed E-state index contributed by atoms with van der Waals surface area (Å²) in [5.41, 5.74) is 20.3. The quantitative estimate of drug-likeness (QED) is 0.0590. The SMILES string of the molecule is CC(=O)Nc1nc2c(nc1CC13CC4CC(CC(C4)C1)C3)-c1ccc(F)cc1CC2.CC(C)CC(=O)Nc1nc2c(nc1CC13CC4CC(CC(C4)C1)C3)-c1ccc(F)cc1CC2.CCC(C)C(=O)Nc1nc2c(nc1CC13CC4CC(CC(C4)C1)C3)-c1ccc(F)cc1CC2.O=C(CC1CCCCC1)Nc1nc2c(nc1CC13CC4CC(CC(C4)C1)C3)-c1ccc(F)cc1CC2. The van der Waals surface area contributed by atoms with Crippen molar-refractivity contribution in [3.8, 4) is 45.0 Å². The second-order valence-electron chi connectivity index (χ2n) is 46.7. The van der Waals surface area contributed by atoms with Gasteiger partial charge in [0.2, 0.25) is 23.6 Å². The van der Waals surface area contributed by atoms with Crippen LogP contribution in [0.4, 0.5) is 40.8 Å². The Morgan fingerprint density at radius 3 is 0.879 bits per heavy atom. The number of amides is 4. The lowest BCUT2D eigenvalue weighted by Gasteiger charge is -2.57. The van der Waals surface area contributed by atoms with Gasteiger partial charge in [-0.3, -0.25) is 19.2 Å². The van der Waals surface area contributed by atoms with E-state index in [-0.39, 0.29) is 52.8 Å². The Hall–Kier alpha value is -9.20. The molecule has 20 heteroatoms. The van der Waals surface area contributed by atoms with Crippen molar-refractivity contribution in [3.63, 3.8) is 0 Å². The molecule has 4 aromatic heterocycles.